The summed E-state index contributed by atoms with van der Waals surface area (Å²) in [5, 5.41) is 20.6. The van der Waals surface area contributed by atoms with Crippen LogP contribution in [0.4, 0.5) is 0 Å². The Labute approximate surface area is 101 Å². The lowest BCUT2D eigenvalue weighted by molar-refractivity contribution is 0.172. The second-order valence-corrected chi connectivity index (χ2v) is 5.22. The summed E-state index contributed by atoms with van der Waals surface area (Å²) in [6.45, 7) is 3.94. The van der Waals surface area contributed by atoms with E-state index >= 15 is 0 Å². The summed E-state index contributed by atoms with van der Waals surface area (Å²) in [5.41, 5.74) is 1.03. The van der Waals surface area contributed by atoms with E-state index in [4.69, 9.17) is 0 Å². The summed E-state index contributed by atoms with van der Waals surface area (Å²) in [6, 6.07) is 1.99. The smallest absolute Gasteiger partial charge is 0.0922 e. The van der Waals surface area contributed by atoms with E-state index < -0.39 is 0 Å². The predicted octanol–water partition coefficient (Wildman–Crippen LogP) is 1.37. The van der Waals surface area contributed by atoms with E-state index in [1.165, 1.54) is 12.8 Å². The van der Waals surface area contributed by atoms with E-state index in [0.717, 1.165) is 31.1 Å². The fourth-order valence-electron chi connectivity index (χ4n) is 2.10. The van der Waals surface area contributed by atoms with Crippen LogP contribution >= 0.6 is 11.3 Å². The predicted molar refractivity (Wildman–Crippen MR) is 67.7 cm³/mol. The molecule has 16 heavy (non-hydrogen) atoms. The van der Waals surface area contributed by atoms with Crippen LogP contribution in [0.5, 0.6) is 0 Å². The van der Waals surface area contributed by atoms with Crippen LogP contribution < -0.4 is 10.6 Å². The zero-order valence-corrected chi connectivity index (χ0v) is 10.3. The molecule has 0 aliphatic carbocycles. The summed E-state index contributed by atoms with van der Waals surface area (Å²) >= 11 is 1.63. The van der Waals surface area contributed by atoms with E-state index in [1.807, 2.05) is 16.8 Å². The minimum absolute atomic E-state index is 0.359. The molecule has 2 atom stereocenters. The first-order chi connectivity index (χ1) is 7.86. The zero-order valence-electron chi connectivity index (χ0n) is 9.48. The van der Waals surface area contributed by atoms with Gasteiger partial charge in [0.15, 0.2) is 0 Å². The van der Waals surface area contributed by atoms with Crippen LogP contribution in [0.1, 0.15) is 24.5 Å². The van der Waals surface area contributed by atoms with Gasteiger partial charge in [0.2, 0.25) is 0 Å². The Bertz CT molecular complexity index is 283. The van der Waals surface area contributed by atoms with E-state index in [9.17, 15) is 5.11 Å². The maximum Gasteiger partial charge on any atom is 0.0922 e. The number of hydrogen-bond donors (Lipinski definition) is 3. The van der Waals surface area contributed by atoms with E-state index in [1.54, 1.807) is 11.3 Å². The van der Waals surface area contributed by atoms with Crippen LogP contribution in [0.2, 0.25) is 0 Å². The molecule has 1 aliphatic rings. The molecule has 1 aromatic heterocycles. The van der Waals surface area contributed by atoms with Crippen molar-refractivity contribution in [2.45, 2.75) is 18.9 Å². The van der Waals surface area contributed by atoms with Gasteiger partial charge in [-0.3, -0.25) is 0 Å². The highest BCUT2D eigenvalue weighted by atomic mass is 32.1. The average molecular weight is 240 g/mol. The molecular formula is C12H20N2OS. The molecule has 1 aromatic rings. The molecule has 0 aromatic carbocycles. The third kappa shape index (κ3) is 3.56. The van der Waals surface area contributed by atoms with Crippen LogP contribution in [0.15, 0.2) is 16.8 Å². The highest BCUT2D eigenvalue weighted by molar-refractivity contribution is 7.07. The highest BCUT2D eigenvalue weighted by Gasteiger charge is 2.13. The van der Waals surface area contributed by atoms with Crippen molar-refractivity contribution in [2.24, 2.45) is 5.92 Å². The minimum atomic E-state index is -0.359. The average Bonchev–Trinajstić information content (AvgIpc) is 2.84. The van der Waals surface area contributed by atoms with Crippen molar-refractivity contribution in [3.63, 3.8) is 0 Å². The van der Waals surface area contributed by atoms with Crippen LogP contribution in [-0.4, -0.2) is 31.3 Å². The Morgan fingerprint density at radius 2 is 2.56 bits per heavy atom. The van der Waals surface area contributed by atoms with Gasteiger partial charge in [-0.1, -0.05) is 0 Å². The van der Waals surface area contributed by atoms with Crippen molar-refractivity contribution in [1.29, 1.82) is 0 Å². The first-order valence-electron chi connectivity index (χ1n) is 5.98. The topological polar surface area (TPSA) is 44.3 Å². The van der Waals surface area contributed by atoms with Gasteiger partial charge in [-0.05, 0) is 60.8 Å². The summed E-state index contributed by atoms with van der Waals surface area (Å²) in [6.07, 6.45) is 2.22. The molecule has 2 rings (SSSR count). The Kier molecular flexibility index (Phi) is 4.78. The number of aliphatic hydroxyl groups excluding tert-OH is 1. The van der Waals surface area contributed by atoms with Gasteiger partial charge in [-0.2, -0.15) is 11.3 Å². The monoisotopic (exact) mass is 240 g/mol. The Morgan fingerprint density at radius 3 is 3.25 bits per heavy atom. The number of thiophene rings is 1. The first-order valence-corrected chi connectivity index (χ1v) is 6.92. The molecular weight excluding hydrogens is 220 g/mol. The van der Waals surface area contributed by atoms with E-state index in [-0.39, 0.29) is 6.10 Å². The Morgan fingerprint density at radius 1 is 1.62 bits per heavy atom. The molecule has 2 heterocycles. The zero-order chi connectivity index (χ0) is 11.2. The van der Waals surface area contributed by atoms with Gasteiger partial charge in [0, 0.05) is 6.54 Å². The van der Waals surface area contributed by atoms with Gasteiger partial charge in [0.05, 0.1) is 6.10 Å². The second kappa shape index (κ2) is 6.35. The van der Waals surface area contributed by atoms with Crippen molar-refractivity contribution >= 4 is 11.3 Å². The van der Waals surface area contributed by atoms with E-state index in [0.29, 0.717) is 6.54 Å². The van der Waals surface area contributed by atoms with Crippen molar-refractivity contribution in [2.75, 3.05) is 26.2 Å². The van der Waals surface area contributed by atoms with Crippen LogP contribution in [-0.2, 0) is 0 Å². The van der Waals surface area contributed by atoms with Crippen molar-refractivity contribution in [3.8, 4) is 0 Å². The molecule has 0 saturated carbocycles. The maximum atomic E-state index is 9.87. The molecule has 90 valence electrons. The van der Waals surface area contributed by atoms with Gasteiger partial charge in [0.1, 0.15) is 0 Å². The van der Waals surface area contributed by atoms with Gasteiger partial charge < -0.3 is 15.7 Å². The molecule has 1 fully saturated rings. The number of nitrogens with one attached hydrogen (secondary N) is 2. The normalized spacial score (nSPS) is 23.2. The molecule has 0 spiro atoms. The SMILES string of the molecule is OC(CNCC1CCCNC1)c1ccsc1. The molecule has 4 heteroatoms. The largest absolute Gasteiger partial charge is 0.387 e. The Balaban J connectivity index is 1.63. The van der Waals surface area contributed by atoms with E-state index in [2.05, 4.69) is 10.6 Å². The van der Waals surface area contributed by atoms with Gasteiger partial charge in [0.25, 0.3) is 0 Å². The molecule has 2 unspecified atom stereocenters. The molecule has 0 bridgehead atoms. The fourth-order valence-corrected chi connectivity index (χ4v) is 2.81. The third-order valence-corrected chi connectivity index (χ3v) is 3.80. The van der Waals surface area contributed by atoms with Crippen molar-refractivity contribution < 1.29 is 5.11 Å². The molecule has 0 amide bonds. The van der Waals surface area contributed by atoms with Crippen LogP contribution in [0, 0.1) is 5.92 Å². The molecule has 0 radical (unpaired) electrons. The quantitative estimate of drug-likeness (QED) is 0.728. The summed E-state index contributed by atoms with van der Waals surface area (Å²) in [7, 11) is 0. The summed E-state index contributed by atoms with van der Waals surface area (Å²) in [4.78, 5) is 0. The van der Waals surface area contributed by atoms with Gasteiger partial charge in [-0.25, -0.2) is 0 Å². The number of aliphatic hydroxyl groups is 1. The summed E-state index contributed by atoms with van der Waals surface area (Å²) in [5.74, 6) is 0.725. The lowest BCUT2D eigenvalue weighted by Gasteiger charge is -2.23. The molecule has 1 aliphatic heterocycles. The number of piperidine rings is 1. The van der Waals surface area contributed by atoms with Crippen LogP contribution in [0.25, 0.3) is 0 Å². The molecule has 1 saturated heterocycles. The van der Waals surface area contributed by atoms with Crippen molar-refractivity contribution in [3.05, 3.63) is 22.4 Å². The van der Waals surface area contributed by atoms with Gasteiger partial charge >= 0.3 is 0 Å². The highest BCUT2D eigenvalue weighted by Crippen LogP contribution is 2.15. The molecule has 3 N–H and O–H groups in total. The minimum Gasteiger partial charge on any atom is -0.387 e. The maximum absolute atomic E-state index is 9.87. The van der Waals surface area contributed by atoms with Crippen LogP contribution in [0.3, 0.4) is 0 Å². The standard InChI is InChI=1S/C12H20N2OS/c15-12(11-3-5-16-9-11)8-14-7-10-2-1-4-13-6-10/h3,5,9-10,12-15H,1-2,4,6-8H2. The first kappa shape index (κ1) is 12.0. The fraction of sp³-hybridized carbons (Fsp3) is 0.667. The summed E-state index contributed by atoms with van der Waals surface area (Å²) < 4.78 is 0. The third-order valence-electron chi connectivity index (χ3n) is 3.10. The second-order valence-electron chi connectivity index (χ2n) is 4.44. The van der Waals surface area contributed by atoms with Gasteiger partial charge in [-0.15, -0.1) is 0 Å². The lowest BCUT2D eigenvalue weighted by Crippen LogP contribution is -2.37. The number of hydrogen-bond acceptors (Lipinski definition) is 4. The Hall–Kier alpha value is -0.420. The molecule has 3 nitrogen and oxygen atoms in total. The van der Waals surface area contributed by atoms with Crippen molar-refractivity contribution in [1.82, 2.24) is 10.6 Å². The number of rotatable bonds is 5. The lowest BCUT2D eigenvalue weighted by atomic mass is 10.00.